The highest BCUT2D eigenvalue weighted by Crippen LogP contribution is 2.34. The molecule has 0 aliphatic heterocycles. The average Bonchev–Trinajstić information content (AvgIpc) is 3.21. The number of carbonyl (C=O) groups excluding carboxylic acids is 1. The van der Waals surface area contributed by atoms with E-state index in [9.17, 15) is 4.79 Å². The molecule has 0 unspecified atom stereocenters. The molecule has 0 spiro atoms. The van der Waals surface area contributed by atoms with Gasteiger partial charge in [0.25, 0.3) is 5.91 Å². The van der Waals surface area contributed by atoms with Crippen molar-refractivity contribution >= 4 is 11.7 Å². The van der Waals surface area contributed by atoms with Gasteiger partial charge in [-0.05, 0) is 59.1 Å². The smallest absolute Gasteiger partial charge is 0.266 e. The van der Waals surface area contributed by atoms with Crippen molar-refractivity contribution in [2.24, 2.45) is 0 Å². The Morgan fingerprint density at radius 1 is 0.967 bits per heavy atom. The SMILES string of the molecule is COc1ccc(-c2nonc2NC(=O)[C@H](C)Oc2ccc(C(C)C)cc2)cc1OC. The second kappa shape index (κ2) is 9.30. The van der Waals surface area contributed by atoms with Gasteiger partial charge >= 0.3 is 0 Å². The molecule has 1 aromatic heterocycles. The molecule has 30 heavy (non-hydrogen) atoms. The highest BCUT2D eigenvalue weighted by Gasteiger charge is 2.21. The van der Waals surface area contributed by atoms with Crippen LogP contribution in [0.15, 0.2) is 47.1 Å². The summed E-state index contributed by atoms with van der Waals surface area (Å²) in [6.45, 7) is 5.90. The summed E-state index contributed by atoms with van der Waals surface area (Å²) >= 11 is 0. The quantitative estimate of drug-likeness (QED) is 0.591. The van der Waals surface area contributed by atoms with Crippen LogP contribution in [0.1, 0.15) is 32.3 Å². The summed E-state index contributed by atoms with van der Waals surface area (Å²) in [5.74, 6) is 1.96. The number of ether oxygens (including phenoxy) is 3. The van der Waals surface area contributed by atoms with Crippen LogP contribution in [0.5, 0.6) is 17.2 Å². The zero-order valence-electron chi connectivity index (χ0n) is 17.6. The molecule has 3 aromatic rings. The Balaban J connectivity index is 1.71. The van der Waals surface area contributed by atoms with Crippen molar-refractivity contribution in [3.63, 3.8) is 0 Å². The van der Waals surface area contributed by atoms with E-state index in [0.717, 1.165) is 0 Å². The van der Waals surface area contributed by atoms with Gasteiger partial charge in [-0.1, -0.05) is 26.0 Å². The lowest BCUT2D eigenvalue weighted by molar-refractivity contribution is -0.122. The van der Waals surface area contributed by atoms with E-state index in [1.54, 1.807) is 32.2 Å². The topological polar surface area (TPSA) is 95.7 Å². The Bertz CT molecular complexity index is 998. The van der Waals surface area contributed by atoms with Crippen LogP contribution < -0.4 is 19.5 Å². The number of carbonyl (C=O) groups is 1. The number of nitrogens with one attached hydrogen (secondary N) is 1. The Hall–Kier alpha value is -3.55. The molecular weight excluding hydrogens is 386 g/mol. The van der Waals surface area contributed by atoms with Crippen molar-refractivity contribution in [1.82, 2.24) is 10.3 Å². The first-order chi connectivity index (χ1) is 14.4. The summed E-state index contributed by atoms with van der Waals surface area (Å²) in [7, 11) is 3.09. The van der Waals surface area contributed by atoms with Crippen LogP contribution >= 0.6 is 0 Å². The summed E-state index contributed by atoms with van der Waals surface area (Å²) in [6.07, 6.45) is -0.746. The van der Waals surface area contributed by atoms with Crippen LogP contribution in [-0.2, 0) is 4.79 Å². The minimum atomic E-state index is -0.746. The molecule has 8 heteroatoms. The van der Waals surface area contributed by atoms with E-state index in [2.05, 4.69) is 29.5 Å². The summed E-state index contributed by atoms with van der Waals surface area (Å²) in [4.78, 5) is 12.6. The maximum absolute atomic E-state index is 12.6. The molecule has 1 heterocycles. The van der Waals surface area contributed by atoms with Gasteiger partial charge in [-0.3, -0.25) is 4.79 Å². The molecule has 1 atom stereocenters. The Morgan fingerprint density at radius 2 is 1.67 bits per heavy atom. The molecule has 158 valence electrons. The van der Waals surface area contributed by atoms with Crippen LogP contribution in [0.4, 0.5) is 5.82 Å². The highest BCUT2D eigenvalue weighted by atomic mass is 16.6. The van der Waals surface area contributed by atoms with Crippen molar-refractivity contribution in [1.29, 1.82) is 0 Å². The lowest BCUT2D eigenvalue weighted by atomic mass is 10.0. The van der Waals surface area contributed by atoms with E-state index in [0.29, 0.717) is 34.4 Å². The van der Waals surface area contributed by atoms with Crippen LogP contribution in [0.25, 0.3) is 11.3 Å². The van der Waals surface area contributed by atoms with E-state index in [1.165, 1.54) is 12.7 Å². The second-order valence-electron chi connectivity index (χ2n) is 7.00. The number of nitrogens with zero attached hydrogens (tertiary/aromatic N) is 2. The fourth-order valence-electron chi connectivity index (χ4n) is 2.85. The van der Waals surface area contributed by atoms with Gasteiger partial charge in [0.2, 0.25) is 5.82 Å². The number of amides is 1. The lowest BCUT2D eigenvalue weighted by Crippen LogP contribution is -2.30. The zero-order valence-corrected chi connectivity index (χ0v) is 17.6. The maximum Gasteiger partial charge on any atom is 0.266 e. The van der Waals surface area contributed by atoms with E-state index < -0.39 is 6.10 Å². The lowest BCUT2D eigenvalue weighted by Gasteiger charge is -2.15. The number of anilines is 1. The molecule has 0 fully saturated rings. The minimum absolute atomic E-state index is 0.192. The number of hydrogen-bond donors (Lipinski definition) is 1. The van der Waals surface area contributed by atoms with Gasteiger partial charge in [-0.15, -0.1) is 0 Å². The van der Waals surface area contributed by atoms with Crippen molar-refractivity contribution < 1.29 is 23.6 Å². The van der Waals surface area contributed by atoms with Crippen molar-refractivity contribution in [3.05, 3.63) is 48.0 Å². The van der Waals surface area contributed by atoms with Gasteiger partial charge in [-0.2, -0.15) is 0 Å². The van der Waals surface area contributed by atoms with Crippen molar-refractivity contribution in [2.75, 3.05) is 19.5 Å². The van der Waals surface area contributed by atoms with Gasteiger partial charge in [0, 0.05) is 5.56 Å². The first-order valence-electron chi connectivity index (χ1n) is 9.55. The van der Waals surface area contributed by atoms with Crippen LogP contribution in [0.2, 0.25) is 0 Å². The third kappa shape index (κ3) is 4.71. The third-order valence-electron chi connectivity index (χ3n) is 4.62. The molecule has 1 amide bonds. The predicted molar refractivity (Wildman–Crippen MR) is 112 cm³/mol. The molecule has 2 aromatic carbocycles. The third-order valence-corrected chi connectivity index (χ3v) is 4.62. The van der Waals surface area contributed by atoms with Gasteiger partial charge in [-0.25, -0.2) is 4.63 Å². The predicted octanol–water partition coefficient (Wildman–Crippen LogP) is 4.28. The number of benzene rings is 2. The average molecular weight is 411 g/mol. The molecule has 0 aliphatic rings. The molecule has 8 nitrogen and oxygen atoms in total. The number of hydrogen-bond acceptors (Lipinski definition) is 7. The van der Waals surface area contributed by atoms with Crippen molar-refractivity contribution in [2.45, 2.75) is 32.8 Å². The molecule has 3 rings (SSSR count). The van der Waals surface area contributed by atoms with E-state index >= 15 is 0 Å². The van der Waals surface area contributed by atoms with Crippen LogP contribution in [0, 0.1) is 0 Å². The Morgan fingerprint density at radius 3 is 2.30 bits per heavy atom. The van der Waals surface area contributed by atoms with Crippen LogP contribution in [-0.4, -0.2) is 36.5 Å². The summed E-state index contributed by atoms with van der Waals surface area (Å²) in [6, 6.07) is 12.9. The molecule has 0 aliphatic carbocycles. The van der Waals surface area contributed by atoms with E-state index in [1.807, 2.05) is 24.3 Å². The molecule has 0 radical (unpaired) electrons. The van der Waals surface area contributed by atoms with Crippen LogP contribution in [0.3, 0.4) is 0 Å². The molecule has 0 saturated carbocycles. The fourth-order valence-corrected chi connectivity index (χ4v) is 2.85. The first-order valence-corrected chi connectivity index (χ1v) is 9.55. The monoisotopic (exact) mass is 411 g/mol. The maximum atomic E-state index is 12.6. The largest absolute Gasteiger partial charge is 0.493 e. The van der Waals surface area contributed by atoms with Gasteiger partial charge < -0.3 is 19.5 Å². The summed E-state index contributed by atoms with van der Waals surface area (Å²) < 4.78 is 21.1. The first kappa shape index (κ1) is 21.2. The normalized spacial score (nSPS) is 11.8. The van der Waals surface area contributed by atoms with Gasteiger partial charge in [0.05, 0.1) is 14.2 Å². The molecule has 0 saturated heterocycles. The van der Waals surface area contributed by atoms with Gasteiger partial charge in [0.1, 0.15) is 5.75 Å². The second-order valence-corrected chi connectivity index (χ2v) is 7.00. The van der Waals surface area contributed by atoms with E-state index in [-0.39, 0.29) is 11.7 Å². The Kier molecular flexibility index (Phi) is 6.56. The number of aromatic nitrogens is 2. The Labute approximate surface area is 175 Å². The fraction of sp³-hybridized carbons (Fsp3) is 0.318. The van der Waals surface area contributed by atoms with Gasteiger partial charge in [0.15, 0.2) is 23.3 Å². The minimum Gasteiger partial charge on any atom is -0.493 e. The van der Waals surface area contributed by atoms with Crippen molar-refractivity contribution in [3.8, 4) is 28.5 Å². The number of methoxy groups -OCH3 is 2. The molecule has 1 N–H and O–H groups in total. The zero-order chi connectivity index (χ0) is 21.7. The van der Waals surface area contributed by atoms with E-state index in [4.69, 9.17) is 18.8 Å². The molecular formula is C22H25N3O5. The summed E-state index contributed by atoms with van der Waals surface area (Å²) in [5.41, 5.74) is 2.23. The molecule has 0 bridgehead atoms. The number of rotatable bonds is 8. The standard InChI is InChI=1S/C22H25N3O5/c1-13(2)15-6-9-17(10-7-15)29-14(3)22(26)23-21-20(24-30-25-21)16-8-11-18(27-4)19(12-16)28-5/h6-14H,1-5H3,(H,23,25,26)/t14-/m0/s1. The summed E-state index contributed by atoms with van der Waals surface area (Å²) in [5, 5.41) is 10.4. The highest BCUT2D eigenvalue weighted by molar-refractivity contribution is 5.96.